The summed E-state index contributed by atoms with van der Waals surface area (Å²) in [4.78, 5) is 11.4. The summed E-state index contributed by atoms with van der Waals surface area (Å²) < 4.78 is 22.1. The minimum absolute atomic E-state index is 0.284. The number of esters is 1. The summed E-state index contributed by atoms with van der Waals surface area (Å²) >= 11 is 0. The summed E-state index contributed by atoms with van der Waals surface area (Å²) in [5.74, 6) is 0.0649. The summed E-state index contributed by atoms with van der Waals surface area (Å²) in [5.41, 5.74) is 6.40. The van der Waals surface area contributed by atoms with Gasteiger partial charge in [-0.05, 0) is 38.4 Å². The van der Waals surface area contributed by atoms with Gasteiger partial charge in [0.15, 0.2) is 0 Å². The zero-order chi connectivity index (χ0) is 15.0. The Balaban J connectivity index is 2.60. The molecule has 2 atom stereocenters. The van der Waals surface area contributed by atoms with Gasteiger partial charge in [0.2, 0.25) is 0 Å². The van der Waals surface area contributed by atoms with Crippen LogP contribution in [0, 0.1) is 0 Å². The second kappa shape index (κ2) is 8.74. The van der Waals surface area contributed by atoms with Crippen molar-refractivity contribution in [2.24, 2.45) is 5.73 Å². The van der Waals surface area contributed by atoms with Crippen molar-refractivity contribution in [2.45, 2.75) is 26.3 Å². The van der Waals surface area contributed by atoms with E-state index in [4.69, 9.17) is 15.0 Å². The zero-order valence-corrected chi connectivity index (χ0v) is 12.7. The van der Waals surface area contributed by atoms with E-state index in [9.17, 15) is 9.36 Å². The lowest BCUT2D eigenvalue weighted by Gasteiger charge is -2.14. The molecule has 0 spiro atoms. The standard InChI is InChI=1S/C13H21N2O4P/c1-3-18-13(16)10(2)15-20(17)19-12-7-5-4-6-11(12)8-9-14/h4-7,10,20H,3,8-9,14H2,1-2H3,(H,15,17). The molecule has 0 aliphatic rings. The number of hydrogen-bond acceptors (Lipinski definition) is 5. The van der Waals surface area contributed by atoms with Gasteiger partial charge in [-0.2, -0.15) is 0 Å². The maximum Gasteiger partial charge on any atom is 0.323 e. The Morgan fingerprint density at radius 1 is 1.45 bits per heavy atom. The van der Waals surface area contributed by atoms with Crippen molar-refractivity contribution in [3.05, 3.63) is 29.8 Å². The fraction of sp³-hybridized carbons (Fsp3) is 0.462. The third kappa shape index (κ3) is 5.33. The average molecular weight is 300 g/mol. The van der Waals surface area contributed by atoms with Gasteiger partial charge in [0.1, 0.15) is 11.8 Å². The lowest BCUT2D eigenvalue weighted by molar-refractivity contribution is -0.144. The smallest absolute Gasteiger partial charge is 0.323 e. The van der Waals surface area contributed by atoms with Crippen molar-refractivity contribution in [1.82, 2.24) is 5.09 Å². The van der Waals surface area contributed by atoms with E-state index in [0.29, 0.717) is 18.7 Å². The lowest BCUT2D eigenvalue weighted by Crippen LogP contribution is -2.31. The number of nitrogens with two attached hydrogens (primary N) is 1. The third-order valence-corrected chi connectivity index (χ3v) is 3.64. The Kier molecular flexibility index (Phi) is 7.30. The summed E-state index contributed by atoms with van der Waals surface area (Å²) in [6.45, 7) is 4.06. The third-order valence-electron chi connectivity index (χ3n) is 2.56. The highest BCUT2D eigenvalue weighted by Crippen LogP contribution is 2.27. The van der Waals surface area contributed by atoms with E-state index in [1.54, 1.807) is 26.0 Å². The number of para-hydroxylation sites is 1. The Morgan fingerprint density at radius 3 is 2.80 bits per heavy atom. The number of carbonyl (C=O) groups excluding carboxylic acids is 1. The van der Waals surface area contributed by atoms with E-state index in [1.165, 1.54) is 0 Å². The Labute approximate surface area is 119 Å². The van der Waals surface area contributed by atoms with E-state index >= 15 is 0 Å². The molecule has 0 saturated heterocycles. The quantitative estimate of drug-likeness (QED) is 0.558. The van der Waals surface area contributed by atoms with Gasteiger partial charge in [-0.15, -0.1) is 0 Å². The molecule has 0 aliphatic carbocycles. The molecule has 6 nitrogen and oxygen atoms in total. The van der Waals surface area contributed by atoms with Crippen LogP contribution < -0.4 is 15.3 Å². The fourth-order valence-electron chi connectivity index (χ4n) is 1.60. The lowest BCUT2D eigenvalue weighted by atomic mass is 10.1. The highest BCUT2D eigenvalue weighted by Gasteiger charge is 2.17. The summed E-state index contributed by atoms with van der Waals surface area (Å²) in [6, 6.07) is 6.57. The fourth-order valence-corrected chi connectivity index (χ4v) is 2.53. The van der Waals surface area contributed by atoms with E-state index < -0.39 is 20.2 Å². The van der Waals surface area contributed by atoms with E-state index in [0.717, 1.165) is 5.56 Å². The van der Waals surface area contributed by atoms with Crippen LogP contribution in [0.1, 0.15) is 19.4 Å². The van der Waals surface area contributed by atoms with Crippen molar-refractivity contribution in [3.63, 3.8) is 0 Å². The molecule has 1 aromatic carbocycles. The number of rotatable bonds is 8. The molecule has 7 heteroatoms. The SMILES string of the molecule is CCOC(=O)C(C)N[PH](=O)Oc1ccccc1CCN. The number of nitrogens with one attached hydrogen (secondary N) is 1. The van der Waals surface area contributed by atoms with Crippen LogP contribution in [0.5, 0.6) is 5.75 Å². The van der Waals surface area contributed by atoms with E-state index in [1.807, 2.05) is 12.1 Å². The maximum atomic E-state index is 11.9. The van der Waals surface area contributed by atoms with Crippen LogP contribution in [0.4, 0.5) is 0 Å². The van der Waals surface area contributed by atoms with Crippen LogP contribution in [0.3, 0.4) is 0 Å². The molecule has 1 rings (SSSR count). The second-order valence-electron chi connectivity index (χ2n) is 4.15. The van der Waals surface area contributed by atoms with Crippen molar-refractivity contribution in [1.29, 1.82) is 0 Å². The molecule has 0 aromatic heterocycles. The summed E-state index contributed by atoms with van der Waals surface area (Å²) in [6.07, 6.45) is 0.638. The number of benzene rings is 1. The zero-order valence-electron chi connectivity index (χ0n) is 11.7. The van der Waals surface area contributed by atoms with E-state index in [-0.39, 0.29) is 6.61 Å². The second-order valence-corrected chi connectivity index (χ2v) is 5.22. The van der Waals surface area contributed by atoms with Gasteiger partial charge in [-0.25, -0.2) is 5.09 Å². The molecular formula is C13H21N2O4P. The summed E-state index contributed by atoms with van der Waals surface area (Å²) in [5, 5.41) is 2.60. The van der Waals surface area contributed by atoms with Crippen LogP contribution in [-0.4, -0.2) is 25.2 Å². The van der Waals surface area contributed by atoms with Gasteiger partial charge in [-0.1, -0.05) is 18.2 Å². The first kappa shape index (κ1) is 16.7. The maximum absolute atomic E-state index is 11.9. The molecule has 20 heavy (non-hydrogen) atoms. The van der Waals surface area contributed by atoms with Gasteiger partial charge in [0.25, 0.3) is 0 Å². The minimum atomic E-state index is -2.59. The largest absolute Gasteiger partial charge is 0.465 e. The van der Waals surface area contributed by atoms with Crippen molar-refractivity contribution < 1.29 is 18.6 Å². The first-order chi connectivity index (χ1) is 9.58. The molecule has 0 radical (unpaired) electrons. The Morgan fingerprint density at radius 2 is 2.15 bits per heavy atom. The molecule has 2 unspecified atom stereocenters. The molecule has 1 aromatic rings. The van der Waals surface area contributed by atoms with Gasteiger partial charge in [0.05, 0.1) is 6.61 Å². The molecule has 0 amide bonds. The van der Waals surface area contributed by atoms with Gasteiger partial charge >= 0.3 is 14.1 Å². The summed E-state index contributed by atoms with van der Waals surface area (Å²) in [7, 11) is -2.59. The Hall–Kier alpha value is -1.36. The molecular weight excluding hydrogens is 279 g/mol. The molecule has 0 saturated carbocycles. The van der Waals surface area contributed by atoms with Crippen LogP contribution in [0.15, 0.2) is 24.3 Å². The number of ether oxygens (including phenoxy) is 1. The number of hydrogen-bond donors (Lipinski definition) is 2. The van der Waals surface area contributed by atoms with Crippen LogP contribution in [0.25, 0.3) is 0 Å². The first-order valence-electron chi connectivity index (χ1n) is 6.51. The predicted molar refractivity (Wildman–Crippen MR) is 78.1 cm³/mol. The predicted octanol–water partition coefficient (Wildman–Crippen LogP) is 1.50. The van der Waals surface area contributed by atoms with Crippen LogP contribution in [-0.2, 0) is 20.5 Å². The van der Waals surface area contributed by atoms with Crippen molar-refractivity contribution in [3.8, 4) is 5.75 Å². The van der Waals surface area contributed by atoms with Gasteiger partial charge in [0, 0.05) is 0 Å². The molecule has 0 aliphatic heterocycles. The van der Waals surface area contributed by atoms with Crippen molar-refractivity contribution >= 4 is 14.1 Å². The van der Waals surface area contributed by atoms with Gasteiger partial charge in [-0.3, -0.25) is 9.36 Å². The minimum Gasteiger partial charge on any atom is -0.465 e. The Bertz CT molecular complexity index is 467. The molecule has 3 N–H and O–H groups in total. The van der Waals surface area contributed by atoms with Crippen LogP contribution >= 0.6 is 8.18 Å². The topological polar surface area (TPSA) is 90.6 Å². The molecule has 112 valence electrons. The highest BCUT2D eigenvalue weighted by atomic mass is 31.1. The highest BCUT2D eigenvalue weighted by molar-refractivity contribution is 7.37. The average Bonchev–Trinajstić information content (AvgIpc) is 2.41. The first-order valence-corrected chi connectivity index (χ1v) is 7.83. The van der Waals surface area contributed by atoms with Gasteiger partial charge < -0.3 is 15.0 Å². The molecule has 0 heterocycles. The number of carbonyl (C=O) groups is 1. The molecule has 0 bridgehead atoms. The molecule has 0 fully saturated rings. The van der Waals surface area contributed by atoms with Crippen LogP contribution in [0.2, 0.25) is 0 Å². The van der Waals surface area contributed by atoms with Crippen molar-refractivity contribution in [2.75, 3.05) is 13.2 Å². The normalized spacial score (nSPS) is 13.6. The monoisotopic (exact) mass is 300 g/mol. The van der Waals surface area contributed by atoms with E-state index in [2.05, 4.69) is 5.09 Å².